The molecular weight excluding hydrogens is 183 g/mol. The van der Waals surface area contributed by atoms with Gasteiger partial charge in [-0.2, -0.15) is 0 Å². The van der Waals surface area contributed by atoms with Crippen molar-refractivity contribution in [2.75, 3.05) is 0 Å². The molecular formula is C13H24BO. The zero-order valence-corrected chi connectivity index (χ0v) is 10.7. The van der Waals surface area contributed by atoms with Crippen LogP contribution in [-0.4, -0.2) is 19.5 Å². The third-order valence-corrected chi connectivity index (χ3v) is 3.87. The molecule has 0 aromatic carbocycles. The van der Waals surface area contributed by atoms with E-state index in [9.17, 15) is 0 Å². The number of rotatable bonds is 2. The van der Waals surface area contributed by atoms with Gasteiger partial charge in [0.2, 0.25) is 0 Å². The average Bonchev–Trinajstić information content (AvgIpc) is 2.86. The smallest absolute Gasteiger partial charge is 0.121 e. The zero-order chi connectivity index (χ0) is 11.1. The van der Waals surface area contributed by atoms with Gasteiger partial charge in [-0.1, -0.05) is 53.3 Å². The van der Waals surface area contributed by atoms with Crippen LogP contribution in [0.5, 0.6) is 0 Å². The molecule has 0 spiro atoms. The van der Waals surface area contributed by atoms with Crippen molar-refractivity contribution >= 4 is 7.28 Å². The highest BCUT2D eigenvalue weighted by atomic mass is 16.6. The summed E-state index contributed by atoms with van der Waals surface area (Å²) in [7, 11) is 2.54. The first kappa shape index (κ1) is 11.5. The highest BCUT2D eigenvalue weighted by molar-refractivity contribution is 6.40. The molecule has 1 aliphatic carbocycles. The van der Waals surface area contributed by atoms with Crippen molar-refractivity contribution in [3.63, 3.8) is 0 Å². The molecule has 3 unspecified atom stereocenters. The Hall–Kier alpha value is 0.0249. The molecule has 1 heterocycles. The van der Waals surface area contributed by atoms with Gasteiger partial charge >= 0.3 is 0 Å². The monoisotopic (exact) mass is 207 g/mol. The van der Waals surface area contributed by atoms with Gasteiger partial charge in [0.15, 0.2) is 0 Å². The Bertz CT molecular complexity index is 233. The van der Waals surface area contributed by atoms with E-state index >= 15 is 0 Å². The molecule has 1 radical (unpaired) electrons. The molecule has 2 rings (SSSR count). The molecule has 0 aromatic rings. The fourth-order valence-corrected chi connectivity index (χ4v) is 2.69. The fourth-order valence-electron chi connectivity index (χ4n) is 2.69. The quantitative estimate of drug-likeness (QED) is 0.497. The van der Waals surface area contributed by atoms with Crippen LogP contribution in [0.25, 0.3) is 0 Å². The van der Waals surface area contributed by atoms with Crippen LogP contribution >= 0.6 is 0 Å². The molecule has 1 saturated heterocycles. The highest BCUT2D eigenvalue weighted by Gasteiger charge is 2.52. The molecule has 1 aliphatic heterocycles. The average molecular weight is 207 g/mol. The van der Waals surface area contributed by atoms with Crippen molar-refractivity contribution in [3.8, 4) is 0 Å². The van der Waals surface area contributed by atoms with Crippen molar-refractivity contribution in [2.45, 2.75) is 77.2 Å². The summed E-state index contributed by atoms with van der Waals surface area (Å²) < 4.78 is 5.81. The molecule has 0 aromatic heterocycles. The van der Waals surface area contributed by atoms with Gasteiger partial charge in [-0.15, -0.1) is 0 Å². The van der Waals surface area contributed by atoms with Gasteiger partial charge in [-0.25, -0.2) is 0 Å². The molecule has 0 N–H and O–H groups in total. The molecule has 3 atom stereocenters. The lowest BCUT2D eigenvalue weighted by molar-refractivity contribution is 0.299. The Kier molecular flexibility index (Phi) is 2.91. The highest BCUT2D eigenvalue weighted by Crippen LogP contribution is 2.52. The van der Waals surface area contributed by atoms with Gasteiger partial charge in [-0.3, -0.25) is 0 Å². The van der Waals surface area contributed by atoms with Crippen molar-refractivity contribution in [3.05, 3.63) is 0 Å². The molecule has 15 heavy (non-hydrogen) atoms. The van der Waals surface area contributed by atoms with E-state index in [1.807, 2.05) is 0 Å². The number of hydrogen-bond donors (Lipinski definition) is 0. The first-order valence-electron chi connectivity index (χ1n) is 6.41. The van der Waals surface area contributed by atoms with E-state index in [-0.39, 0.29) is 0 Å². The third kappa shape index (κ3) is 2.78. The van der Waals surface area contributed by atoms with Crippen LogP contribution in [0.3, 0.4) is 0 Å². The van der Waals surface area contributed by atoms with Gasteiger partial charge in [-0.05, 0) is 17.2 Å². The van der Waals surface area contributed by atoms with E-state index in [1.165, 1.54) is 32.0 Å². The summed E-state index contributed by atoms with van der Waals surface area (Å²) in [5.41, 5.74) is 0.416. The minimum atomic E-state index is 0.356. The Morgan fingerprint density at radius 1 is 1.33 bits per heavy atom. The molecule has 1 saturated carbocycles. The minimum Gasteiger partial charge on any atom is -0.370 e. The SMILES string of the molecule is CC(C)(C)C[B]C1(C)CCCCC2OC21. The second kappa shape index (κ2) is 3.80. The van der Waals surface area contributed by atoms with Crippen molar-refractivity contribution in [2.24, 2.45) is 5.41 Å². The summed E-state index contributed by atoms with van der Waals surface area (Å²) in [5.74, 6) is 0. The van der Waals surface area contributed by atoms with Gasteiger partial charge in [0.25, 0.3) is 0 Å². The van der Waals surface area contributed by atoms with E-state index in [2.05, 4.69) is 35.0 Å². The standard InChI is InChI=1S/C13H24BO/c1-12(2,3)9-14-13(4)8-6-5-7-10-11(13)15-10/h10-11H,5-9H2,1-4H3. The van der Waals surface area contributed by atoms with Crippen LogP contribution in [0.2, 0.25) is 11.6 Å². The van der Waals surface area contributed by atoms with Crippen molar-refractivity contribution in [1.29, 1.82) is 0 Å². The molecule has 2 fully saturated rings. The summed E-state index contributed by atoms with van der Waals surface area (Å²) in [4.78, 5) is 0. The lowest BCUT2D eigenvalue weighted by atomic mass is 9.45. The van der Waals surface area contributed by atoms with Crippen LogP contribution in [0, 0.1) is 5.41 Å². The molecule has 2 aliphatic rings. The summed E-state index contributed by atoms with van der Waals surface area (Å²) >= 11 is 0. The van der Waals surface area contributed by atoms with Crippen LogP contribution < -0.4 is 0 Å². The van der Waals surface area contributed by atoms with Crippen LogP contribution in [0.4, 0.5) is 0 Å². The number of fused-ring (bicyclic) bond motifs is 1. The maximum Gasteiger partial charge on any atom is 0.121 e. The normalized spacial score (nSPS) is 40.5. The second-order valence-corrected chi connectivity index (χ2v) is 6.82. The van der Waals surface area contributed by atoms with Gasteiger partial charge < -0.3 is 4.74 Å². The lowest BCUT2D eigenvalue weighted by Gasteiger charge is -2.30. The molecule has 85 valence electrons. The Labute approximate surface area is 95.2 Å². The molecule has 2 heteroatoms. The maximum atomic E-state index is 5.81. The number of ether oxygens (including phenoxy) is 1. The molecule has 0 bridgehead atoms. The van der Waals surface area contributed by atoms with Crippen molar-refractivity contribution < 1.29 is 4.74 Å². The van der Waals surface area contributed by atoms with Gasteiger partial charge in [0.05, 0.1) is 12.2 Å². The van der Waals surface area contributed by atoms with E-state index in [0.29, 0.717) is 22.9 Å². The second-order valence-electron chi connectivity index (χ2n) is 6.82. The van der Waals surface area contributed by atoms with E-state index in [4.69, 9.17) is 4.74 Å². The lowest BCUT2D eigenvalue weighted by Crippen LogP contribution is -2.26. The van der Waals surface area contributed by atoms with Gasteiger partial charge in [0.1, 0.15) is 7.28 Å². The first-order chi connectivity index (χ1) is 6.91. The zero-order valence-electron chi connectivity index (χ0n) is 10.7. The third-order valence-electron chi connectivity index (χ3n) is 3.87. The summed E-state index contributed by atoms with van der Waals surface area (Å²) in [5, 5.41) is 0.356. The Morgan fingerprint density at radius 2 is 2.07 bits per heavy atom. The summed E-state index contributed by atoms with van der Waals surface area (Å²) in [6, 6.07) is 0. The fraction of sp³-hybridized carbons (Fsp3) is 1.00. The van der Waals surface area contributed by atoms with Crippen LogP contribution in [-0.2, 0) is 4.74 Å². The Morgan fingerprint density at radius 3 is 2.73 bits per heavy atom. The topological polar surface area (TPSA) is 12.5 Å². The van der Waals surface area contributed by atoms with Gasteiger partial charge in [0, 0.05) is 0 Å². The molecule has 0 amide bonds. The van der Waals surface area contributed by atoms with E-state index in [1.54, 1.807) is 0 Å². The largest absolute Gasteiger partial charge is 0.370 e. The van der Waals surface area contributed by atoms with Crippen LogP contribution in [0.15, 0.2) is 0 Å². The first-order valence-corrected chi connectivity index (χ1v) is 6.41. The van der Waals surface area contributed by atoms with Crippen LogP contribution in [0.1, 0.15) is 53.4 Å². The Balaban J connectivity index is 1.93. The number of epoxide rings is 1. The minimum absolute atomic E-state index is 0.356. The number of hydrogen-bond acceptors (Lipinski definition) is 1. The predicted molar refractivity (Wildman–Crippen MR) is 65.5 cm³/mol. The van der Waals surface area contributed by atoms with Crippen molar-refractivity contribution in [1.82, 2.24) is 0 Å². The van der Waals surface area contributed by atoms with E-state index < -0.39 is 0 Å². The predicted octanol–water partition coefficient (Wildman–Crippen LogP) is 3.68. The maximum absolute atomic E-state index is 5.81. The summed E-state index contributed by atoms with van der Waals surface area (Å²) in [6.45, 7) is 9.34. The van der Waals surface area contributed by atoms with E-state index in [0.717, 1.165) is 0 Å². The summed E-state index contributed by atoms with van der Waals surface area (Å²) in [6.07, 6.45) is 7.70. The molecule has 1 nitrogen and oxygen atoms in total.